The number of ether oxygens (including phenoxy) is 3. The van der Waals surface area contributed by atoms with Crippen LogP contribution in [0, 0.1) is 0 Å². The van der Waals surface area contributed by atoms with E-state index in [-0.39, 0.29) is 16.1 Å². The molecule has 0 atom stereocenters. The van der Waals surface area contributed by atoms with Gasteiger partial charge in [0.25, 0.3) is 11.1 Å². The standard InChI is InChI=1S/C22H26N4O5/c1-22(2,3)19-14(23-11-24-19)10-16-21(28)25-15(20(27)26-16)9-13-17(30-5)7-12(29-4)8-18(13)31-6/h7-11H,1-6H3,(H,23,24)(H,25,28)(H,26,27)/b15-9+,16-10+. The summed E-state index contributed by atoms with van der Waals surface area (Å²) in [6, 6.07) is 3.32. The van der Waals surface area contributed by atoms with E-state index in [0.717, 1.165) is 5.69 Å². The van der Waals surface area contributed by atoms with Gasteiger partial charge in [-0.3, -0.25) is 9.59 Å². The molecule has 9 heteroatoms. The molecule has 0 radical (unpaired) electrons. The van der Waals surface area contributed by atoms with Gasteiger partial charge in [0.15, 0.2) is 0 Å². The van der Waals surface area contributed by atoms with E-state index in [1.807, 2.05) is 20.8 Å². The van der Waals surface area contributed by atoms with Crippen LogP contribution in [0.2, 0.25) is 0 Å². The summed E-state index contributed by atoms with van der Waals surface area (Å²) in [6.45, 7) is 6.08. The number of nitrogens with zero attached hydrogens (tertiary/aromatic N) is 1. The number of methoxy groups -OCH3 is 3. The van der Waals surface area contributed by atoms with Crippen molar-refractivity contribution >= 4 is 12.2 Å². The number of nitrogens with one attached hydrogen (secondary N) is 3. The maximum atomic E-state index is 12.7. The minimum absolute atomic E-state index is 0.0574. The average Bonchev–Trinajstić information content (AvgIpc) is 3.20. The first kappa shape index (κ1) is 21.9. The van der Waals surface area contributed by atoms with Crippen LogP contribution in [0.3, 0.4) is 0 Å². The van der Waals surface area contributed by atoms with Crippen molar-refractivity contribution in [1.82, 2.24) is 19.9 Å². The molecular weight excluding hydrogens is 400 g/mol. The summed E-state index contributed by atoms with van der Waals surface area (Å²) in [5.41, 5.74) is 0.801. The van der Waals surface area contributed by atoms with E-state index < -0.39 is 11.1 Å². The number of aromatic amines is 3. The monoisotopic (exact) mass is 426 g/mol. The van der Waals surface area contributed by atoms with Crippen LogP contribution in [-0.2, 0) is 5.41 Å². The maximum absolute atomic E-state index is 12.7. The van der Waals surface area contributed by atoms with Gasteiger partial charge < -0.3 is 29.2 Å². The predicted molar refractivity (Wildman–Crippen MR) is 117 cm³/mol. The van der Waals surface area contributed by atoms with Crippen LogP contribution in [0.25, 0.3) is 12.2 Å². The second-order valence-electron chi connectivity index (χ2n) is 7.88. The second-order valence-corrected chi connectivity index (χ2v) is 7.88. The first-order chi connectivity index (χ1) is 14.7. The Balaban J connectivity index is 2.19. The molecule has 3 N–H and O–H groups in total. The van der Waals surface area contributed by atoms with Gasteiger partial charge >= 0.3 is 0 Å². The van der Waals surface area contributed by atoms with Crippen LogP contribution in [0.1, 0.15) is 37.7 Å². The Bertz CT molecular complexity index is 1300. The summed E-state index contributed by atoms with van der Waals surface area (Å²) in [5, 5.41) is 0.162. The van der Waals surface area contributed by atoms with Crippen LogP contribution in [0.5, 0.6) is 17.2 Å². The Morgan fingerprint density at radius 1 is 0.871 bits per heavy atom. The van der Waals surface area contributed by atoms with Gasteiger partial charge in [0.1, 0.15) is 27.9 Å². The largest absolute Gasteiger partial charge is 0.496 e. The zero-order valence-electron chi connectivity index (χ0n) is 18.4. The molecule has 1 aromatic carbocycles. The highest BCUT2D eigenvalue weighted by Crippen LogP contribution is 2.34. The Morgan fingerprint density at radius 3 is 1.90 bits per heavy atom. The Kier molecular flexibility index (Phi) is 6.05. The van der Waals surface area contributed by atoms with Crippen LogP contribution in [-0.4, -0.2) is 41.3 Å². The lowest BCUT2D eigenvalue weighted by molar-refractivity contribution is 0.374. The van der Waals surface area contributed by atoms with Crippen molar-refractivity contribution in [2.75, 3.05) is 21.3 Å². The smallest absolute Gasteiger partial charge is 0.272 e. The molecule has 0 aliphatic rings. The lowest BCUT2D eigenvalue weighted by Gasteiger charge is -2.16. The normalized spacial score (nSPS) is 12.8. The molecule has 9 nitrogen and oxygen atoms in total. The highest BCUT2D eigenvalue weighted by atomic mass is 16.5. The van der Waals surface area contributed by atoms with Gasteiger partial charge in [-0.1, -0.05) is 20.8 Å². The summed E-state index contributed by atoms with van der Waals surface area (Å²) < 4.78 is 16.0. The molecule has 2 aromatic heterocycles. The Hall–Kier alpha value is -3.75. The number of benzene rings is 1. The first-order valence-electron chi connectivity index (χ1n) is 9.58. The third kappa shape index (κ3) is 4.55. The summed E-state index contributed by atoms with van der Waals surface area (Å²) in [6.07, 6.45) is 4.61. The first-order valence-corrected chi connectivity index (χ1v) is 9.58. The molecule has 3 rings (SSSR count). The molecule has 0 saturated carbocycles. The fourth-order valence-corrected chi connectivity index (χ4v) is 3.17. The Labute approximate surface area is 178 Å². The van der Waals surface area contributed by atoms with E-state index in [4.69, 9.17) is 14.2 Å². The molecule has 0 saturated heterocycles. The van der Waals surface area contributed by atoms with Crippen LogP contribution < -0.4 is 36.0 Å². The predicted octanol–water partition coefficient (Wildman–Crippen LogP) is 0.767. The van der Waals surface area contributed by atoms with Crippen molar-refractivity contribution in [3.63, 3.8) is 0 Å². The molecule has 0 spiro atoms. The number of hydrogen-bond donors (Lipinski definition) is 3. The summed E-state index contributed by atoms with van der Waals surface area (Å²) in [4.78, 5) is 38.0. The molecule has 164 valence electrons. The lowest BCUT2D eigenvalue weighted by Crippen LogP contribution is -2.46. The van der Waals surface area contributed by atoms with E-state index in [1.165, 1.54) is 27.4 Å². The van der Waals surface area contributed by atoms with E-state index in [1.54, 1.807) is 24.5 Å². The van der Waals surface area contributed by atoms with E-state index in [9.17, 15) is 9.59 Å². The molecule has 2 heterocycles. The SMILES string of the molecule is COc1cc(OC)c(/C=c2/[nH]c(=O)/c(=C\c3nc[nH]c3C(C)(C)C)[nH]c2=O)c(OC)c1. The van der Waals surface area contributed by atoms with Gasteiger partial charge in [-0.05, 0) is 12.2 Å². The molecule has 0 bridgehead atoms. The number of hydrogen-bond acceptors (Lipinski definition) is 6. The second kappa shape index (κ2) is 8.55. The van der Waals surface area contributed by atoms with Gasteiger partial charge in [-0.25, -0.2) is 4.98 Å². The summed E-state index contributed by atoms with van der Waals surface area (Å²) >= 11 is 0. The molecule has 0 aliphatic carbocycles. The van der Waals surface area contributed by atoms with Gasteiger partial charge in [0, 0.05) is 23.2 Å². The molecule has 3 aromatic rings. The third-order valence-electron chi connectivity index (χ3n) is 4.73. The topological polar surface area (TPSA) is 122 Å². The number of aromatic nitrogens is 4. The number of rotatable bonds is 5. The Morgan fingerprint density at radius 2 is 1.42 bits per heavy atom. The quantitative estimate of drug-likeness (QED) is 0.554. The van der Waals surface area contributed by atoms with E-state index >= 15 is 0 Å². The van der Waals surface area contributed by atoms with Crippen molar-refractivity contribution in [1.29, 1.82) is 0 Å². The molecule has 0 aliphatic heterocycles. The van der Waals surface area contributed by atoms with Crippen LogP contribution in [0.4, 0.5) is 0 Å². The van der Waals surface area contributed by atoms with Crippen molar-refractivity contribution in [2.45, 2.75) is 26.2 Å². The number of H-pyrrole nitrogens is 3. The molecule has 0 fully saturated rings. The zero-order chi connectivity index (χ0) is 22.8. The minimum atomic E-state index is -0.474. The van der Waals surface area contributed by atoms with Crippen molar-refractivity contribution in [2.24, 2.45) is 0 Å². The highest BCUT2D eigenvalue weighted by molar-refractivity contribution is 5.66. The third-order valence-corrected chi connectivity index (χ3v) is 4.73. The summed E-state index contributed by atoms with van der Waals surface area (Å²) in [7, 11) is 4.51. The molecule has 31 heavy (non-hydrogen) atoms. The van der Waals surface area contributed by atoms with Crippen molar-refractivity contribution < 1.29 is 14.2 Å². The zero-order valence-corrected chi connectivity index (χ0v) is 18.4. The average molecular weight is 426 g/mol. The fraction of sp³-hybridized carbons (Fsp3) is 0.318. The molecular formula is C22H26N4O5. The van der Waals surface area contributed by atoms with Gasteiger partial charge in [0.2, 0.25) is 0 Å². The molecule has 0 unspecified atom stereocenters. The van der Waals surface area contributed by atoms with E-state index in [2.05, 4.69) is 19.9 Å². The van der Waals surface area contributed by atoms with Crippen molar-refractivity contribution in [3.05, 3.63) is 66.8 Å². The van der Waals surface area contributed by atoms with Crippen LogP contribution in [0.15, 0.2) is 28.0 Å². The lowest BCUT2D eigenvalue weighted by atomic mass is 9.90. The van der Waals surface area contributed by atoms with Gasteiger partial charge in [-0.15, -0.1) is 0 Å². The van der Waals surface area contributed by atoms with E-state index in [0.29, 0.717) is 28.5 Å². The van der Waals surface area contributed by atoms with Crippen LogP contribution >= 0.6 is 0 Å². The highest BCUT2D eigenvalue weighted by Gasteiger charge is 2.19. The maximum Gasteiger partial charge on any atom is 0.272 e. The van der Waals surface area contributed by atoms with Crippen molar-refractivity contribution in [3.8, 4) is 17.2 Å². The number of imidazole rings is 1. The van der Waals surface area contributed by atoms with Gasteiger partial charge in [0.05, 0.1) is 38.9 Å². The molecule has 0 amide bonds. The van der Waals surface area contributed by atoms with Gasteiger partial charge in [-0.2, -0.15) is 0 Å². The minimum Gasteiger partial charge on any atom is -0.496 e. The fourth-order valence-electron chi connectivity index (χ4n) is 3.17. The summed E-state index contributed by atoms with van der Waals surface area (Å²) in [5.74, 6) is 1.39.